The van der Waals surface area contributed by atoms with E-state index in [4.69, 9.17) is 4.74 Å². The summed E-state index contributed by atoms with van der Waals surface area (Å²) in [6.07, 6.45) is 5.38. The summed E-state index contributed by atoms with van der Waals surface area (Å²) in [5.74, 6) is -1.21. The molecule has 4 aromatic rings. The van der Waals surface area contributed by atoms with E-state index in [9.17, 15) is 13.6 Å². The van der Waals surface area contributed by atoms with E-state index in [1.54, 1.807) is 42.0 Å². The fraction of sp³-hybridized carbons (Fsp3) is 0.0769. The van der Waals surface area contributed by atoms with Crippen molar-refractivity contribution in [1.29, 1.82) is 0 Å². The summed E-state index contributed by atoms with van der Waals surface area (Å²) in [7, 11) is 0. The zero-order valence-electron chi connectivity index (χ0n) is 17.6. The summed E-state index contributed by atoms with van der Waals surface area (Å²) in [6, 6.07) is 18.0. The van der Waals surface area contributed by atoms with E-state index >= 15 is 0 Å². The fourth-order valence-corrected chi connectivity index (χ4v) is 3.53. The van der Waals surface area contributed by atoms with Crippen molar-refractivity contribution in [3.05, 3.63) is 106 Å². The second-order valence-electron chi connectivity index (χ2n) is 7.13. The van der Waals surface area contributed by atoms with Crippen LogP contribution in [-0.2, 0) is 4.74 Å². The Kier molecular flexibility index (Phi) is 6.79. The highest BCUT2D eigenvalue weighted by atomic mass is 79.9. The number of rotatable bonds is 6. The predicted molar refractivity (Wildman–Crippen MR) is 128 cm³/mol. The molecule has 33 heavy (non-hydrogen) atoms. The number of nitrogens with zero attached hydrogens (tertiary/aromatic N) is 2. The Hall–Kier alpha value is -3.58. The lowest BCUT2D eigenvalue weighted by molar-refractivity contribution is 0.0526. The minimum absolute atomic E-state index is 0.191. The number of halogens is 3. The maximum Gasteiger partial charge on any atom is 0.338 e. The summed E-state index contributed by atoms with van der Waals surface area (Å²) in [4.78, 5) is 16.5. The predicted octanol–water partition coefficient (Wildman–Crippen LogP) is 6.93. The van der Waals surface area contributed by atoms with Crippen molar-refractivity contribution < 1.29 is 18.3 Å². The molecule has 0 radical (unpaired) electrons. The zero-order valence-corrected chi connectivity index (χ0v) is 19.2. The summed E-state index contributed by atoms with van der Waals surface area (Å²) in [5, 5.41) is 0. The van der Waals surface area contributed by atoms with E-state index in [0.717, 1.165) is 21.8 Å². The SMILES string of the molecule is CCOC(=O)c1ccc(-n2cc(-c3ccc(F)cc3F)nc2/C=C/c2ccc(Br)cc2)cc1. The molecule has 0 saturated carbocycles. The van der Waals surface area contributed by atoms with Crippen molar-refractivity contribution in [2.24, 2.45) is 0 Å². The number of carbonyl (C=O) groups is 1. The molecule has 0 unspecified atom stereocenters. The molecule has 0 fully saturated rings. The van der Waals surface area contributed by atoms with Gasteiger partial charge in [-0.05, 0) is 67.1 Å². The molecule has 0 spiro atoms. The number of esters is 1. The molecular formula is C26H19BrF2N2O2. The molecule has 0 aliphatic carbocycles. The van der Waals surface area contributed by atoms with Crippen LogP contribution in [0.25, 0.3) is 29.1 Å². The molecule has 4 rings (SSSR count). The maximum atomic E-state index is 14.4. The number of hydrogen-bond donors (Lipinski definition) is 0. The maximum absolute atomic E-state index is 14.4. The van der Waals surface area contributed by atoms with Crippen LogP contribution in [0.2, 0.25) is 0 Å². The lowest BCUT2D eigenvalue weighted by atomic mass is 10.1. The molecule has 166 valence electrons. The molecule has 0 aliphatic heterocycles. The number of aromatic nitrogens is 2. The van der Waals surface area contributed by atoms with E-state index < -0.39 is 17.6 Å². The zero-order chi connectivity index (χ0) is 23.4. The molecule has 3 aromatic carbocycles. The van der Waals surface area contributed by atoms with Gasteiger partial charge in [0.15, 0.2) is 0 Å². The normalized spacial score (nSPS) is 11.2. The van der Waals surface area contributed by atoms with Gasteiger partial charge >= 0.3 is 5.97 Å². The summed E-state index contributed by atoms with van der Waals surface area (Å²) < 4.78 is 35.6. The van der Waals surface area contributed by atoms with Crippen molar-refractivity contribution in [1.82, 2.24) is 9.55 Å². The average molecular weight is 509 g/mol. The van der Waals surface area contributed by atoms with Gasteiger partial charge in [-0.15, -0.1) is 0 Å². The highest BCUT2D eigenvalue weighted by molar-refractivity contribution is 9.10. The van der Waals surface area contributed by atoms with Gasteiger partial charge in [0, 0.05) is 28.0 Å². The second-order valence-corrected chi connectivity index (χ2v) is 8.05. The summed E-state index contributed by atoms with van der Waals surface area (Å²) in [5.41, 5.74) is 2.66. The minimum Gasteiger partial charge on any atom is -0.462 e. The summed E-state index contributed by atoms with van der Waals surface area (Å²) >= 11 is 3.41. The van der Waals surface area contributed by atoms with E-state index in [-0.39, 0.29) is 5.56 Å². The molecule has 0 bridgehead atoms. The largest absolute Gasteiger partial charge is 0.462 e. The first-order valence-electron chi connectivity index (χ1n) is 10.2. The van der Waals surface area contributed by atoms with Crippen LogP contribution >= 0.6 is 15.9 Å². The van der Waals surface area contributed by atoms with Crippen LogP contribution in [-0.4, -0.2) is 22.1 Å². The van der Waals surface area contributed by atoms with Gasteiger partial charge in [-0.2, -0.15) is 0 Å². The number of hydrogen-bond acceptors (Lipinski definition) is 3. The monoisotopic (exact) mass is 508 g/mol. The Labute approximate surface area is 198 Å². The Morgan fingerprint density at radius 3 is 2.42 bits per heavy atom. The first-order valence-corrected chi connectivity index (χ1v) is 11.0. The Morgan fingerprint density at radius 1 is 1.03 bits per heavy atom. The molecule has 1 aromatic heterocycles. The van der Waals surface area contributed by atoms with Gasteiger partial charge in [0.1, 0.15) is 17.5 Å². The second kappa shape index (κ2) is 9.92. The van der Waals surface area contributed by atoms with Crippen LogP contribution in [0, 0.1) is 11.6 Å². The minimum atomic E-state index is -0.694. The standard InChI is InChI=1S/C26H19BrF2N2O2/c1-2-33-26(32)18-6-11-21(12-7-18)31-16-24(22-13-10-20(28)15-23(22)29)30-25(31)14-5-17-3-8-19(27)9-4-17/h3-16H,2H2,1H3/b14-5+. The van der Waals surface area contributed by atoms with Crippen LogP contribution in [0.15, 0.2) is 77.4 Å². The highest BCUT2D eigenvalue weighted by Gasteiger charge is 2.14. The molecular weight excluding hydrogens is 490 g/mol. The van der Waals surface area contributed by atoms with E-state index in [2.05, 4.69) is 20.9 Å². The lowest BCUT2D eigenvalue weighted by Crippen LogP contribution is -2.05. The molecule has 0 saturated heterocycles. The first kappa shape index (κ1) is 22.6. The lowest BCUT2D eigenvalue weighted by Gasteiger charge is -2.07. The number of carbonyl (C=O) groups excluding carboxylic acids is 1. The van der Waals surface area contributed by atoms with E-state index in [1.165, 1.54) is 12.1 Å². The average Bonchev–Trinajstić information content (AvgIpc) is 3.23. The van der Waals surface area contributed by atoms with E-state index in [1.807, 2.05) is 36.4 Å². The third kappa shape index (κ3) is 5.26. The quantitative estimate of drug-likeness (QED) is 0.265. The van der Waals surface area contributed by atoms with Crippen LogP contribution in [0.4, 0.5) is 8.78 Å². The summed E-state index contributed by atoms with van der Waals surface area (Å²) in [6.45, 7) is 2.04. The Bertz CT molecular complexity index is 1310. The smallest absolute Gasteiger partial charge is 0.338 e. The molecule has 0 N–H and O–H groups in total. The number of benzene rings is 3. The number of ether oxygens (including phenoxy) is 1. The third-order valence-electron chi connectivity index (χ3n) is 4.89. The molecule has 0 atom stereocenters. The molecule has 1 heterocycles. The van der Waals surface area contributed by atoms with Crippen molar-refractivity contribution in [3.8, 4) is 16.9 Å². The van der Waals surface area contributed by atoms with Crippen LogP contribution < -0.4 is 0 Å². The van der Waals surface area contributed by atoms with Crippen molar-refractivity contribution in [2.45, 2.75) is 6.92 Å². The van der Waals surface area contributed by atoms with Gasteiger partial charge in [-0.1, -0.05) is 34.1 Å². The van der Waals surface area contributed by atoms with Crippen molar-refractivity contribution in [2.75, 3.05) is 6.61 Å². The van der Waals surface area contributed by atoms with E-state index in [0.29, 0.717) is 23.7 Å². The molecule has 7 heteroatoms. The number of imidazole rings is 1. The van der Waals surface area contributed by atoms with Crippen molar-refractivity contribution in [3.63, 3.8) is 0 Å². The Morgan fingerprint density at radius 2 is 1.76 bits per heavy atom. The Balaban J connectivity index is 1.76. The van der Waals surface area contributed by atoms with Gasteiger partial charge in [0.25, 0.3) is 0 Å². The van der Waals surface area contributed by atoms with Crippen LogP contribution in [0.1, 0.15) is 28.7 Å². The molecule has 0 amide bonds. The van der Waals surface area contributed by atoms with Gasteiger partial charge < -0.3 is 4.74 Å². The fourth-order valence-electron chi connectivity index (χ4n) is 3.26. The van der Waals surface area contributed by atoms with Crippen LogP contribution in [0.5, 0.6) is 0 Å². The topological polar surface area (TPSA) is 44.1 Å². The van der Waals surface area contributed by atoms with Gasteiger partial charge in [-0.25, -0.2) is 18.6 Å². The van der Waals surface area contributed by atoms with Gasteiger partial charge in [0.05, 0.1) is 17.9 Å². The highest BCUT2D eigenvalue weighted by Crippen LogP contribution is 2.26. The first-order chi connectivity index (χ1) is 15.9. The molecule has 0 aliphatic rings. The van der Waals surface area contributed by atoms with Crippen LogP contribution in [0.3, 0.4) is 0 Å². The van der Waals surface area contributed by atoms with Crippen molar-refractivity contribution >= 4 is 34.1 Å². The molecule has 4 nitrogen and oxygen atoms in total. The third-order valence-corrected chi connectivity index (χ3v) is 5.42. The van der Waals surface area contributed by atoms with Gasteiger partial charge in [0.2, 0.25) is 0 Å². The van der Waals surface area contributed by atoms with Gasteiger partial charge in [-0.3, -0.25) is 4.57 Å².